The largest absolute Gasteiger partial charge is 0.385 e. The van der Waals surface area contributed by atoms with Gasteiger partial charge in [-0.25, -0.2) is 9.97 Å². The summed E-state index contributed by atoms with van der Waals surface area (Å²) in [7, 11) is 1.73. The van der Waals surface area contributed by atoms with Crippen molar-refractivity contribution in [2.45, 2.75) is 32.7 Å². The number of aryl methyl sites for hydroxylation is 2. The second kappa shape index (κ2) is 5.82. The van der Waals surface area contributed by atoms with Crippen molar-refractivity contribution in [2.24, 2.45) is 0 Å². The van der Waals surface area contributed by atoms with Crippen molar-refractivity contribution >= 4 is 17.1 Å². The number of imidazole rings is 1. The molecule has 2 N–H and O–H groups in total. The van der Waals surface area contributed by atoms with Crippen LogP contribution in [-0.2, 0) is 11.3 Å². The average molecular weight is 248 g/mol. The monoisotopic (exact) mass is 248 g/mol. The van der Waals surface area contributed by atoms with Crippen molar-refractivity contribution in [2.75, 3.05) is 19.5 Å². The smallest absolute Gasteiger partial charge is 0.202 e. The molecular formula is C13H20N4O. The molecule has 2 aromatic heterocycles. The molecule has 0 atom stereocenters. The van der Waals surface area contributed by atoms with Crippen molar-refractivity contribution < 1.29 is 4.74 Å². The lowest BCUT2D eigenvalue weighted by Gasteiger charge is -2.05. The molecule has 0 spiro atoms. The first-order valence-corrected chi connectivity index (χ1v) is 6.30. The van der Waals surface area contributed by atoms with Gasteiger partial charge in [0.05, 0.1) is 0 Å². The number of hydrogen-bond acceptors (Lipinski definition) is 4. The number of nitrogen functional groups attached to an aromatic ring is 1. The van der Waals surface area contributed by atoms with E-state index in [9.17, 15) is 0 Å². The Labute approximate surface area is 107 Å². The predicted octanol–water partition coefficient (Wildman–Crippen LogP) is 2.14. The number of fused-ring (bicyclic) bond motifs is 1. The molecule has 0 radical (unpaired) electrons. The number of pyridine rings is 1. The highest BCUT2D eigenvalue weighted by Crippen LogP contribution is 2.17. The summed E-state index contributed by atoms with van der Waals surface area (Å²) in [6.07, 6.45) is 3.27. The Balaban J connectivity index is 2.07. The summed E-state index contributed by atoms with van der Waals surface area (Å²) in [6, 6.07) is 3.92. The molecule has 0 saturated heterocycles. The molecule has 18 heavy (non-hydrogen) atoms. The Kier molecular flexibility index (Phi) is 4.15. The molecule has 0 aliphatic heterocycles. The Morgan fingerprint density at radius 2 is 2.06 bits per heavy atom. The molecule has 2 heterocycles. The molecule has 2 rings (SSSR count). The van der Waals surface area contributed by atoms with Crippen molar-refractivity contribution in [3.05, 3.63) is 17.8 Å². The van der Waals surface area contributed by atoms with Crippen LogP contribution in [0.1, 0.15) is 25.0 Å². The average Bonchev–Trinajstić information content (AvgIpc) is 2.65. The van der Waals surface area contributed by atoms with Crippen LogP contribution in [0.2, 0.25) is 0 Å². The lowest BCUT2D eigenvalue weighted by Crippen LogP contribution is -2.05. The molecule has 0 fully saturated rings. The van der Waals surface area contributed by atoms with E-state index >= 15 is 0 Å². The van der Waals surface area contributed by atoms with E-state index < -0.39 is 0 Å². The zero-order valence-corrected chi connectivity index (χ0v) is 11.0. The zero-order chi connectivity index (χ0) is 13.0. The topological polar surface area (TPSA) is 66.0 Å². The lowest BCUT2D eigenvalue weighted by atomic mass is 10.2. The summed E-state index contributed by atoms with van der Waals surface area (Å²) in [5, 5.41) is 0. The first-order chi connectivity index (χ1) is 8.72. The first kappa shape index (κ1) is 12.8. The molecule has 2 aromatic rings. The second-order valence-electron chi connectivity index (χ2n) is 4.47. The van der Waals surface area contributed by atoms with Crippen LogP contribution in [0.4, 0.5) is 5.95 Å². The number of nitrogens with zero attached hydrogens (tertiary/aromatic N) is 3. The van der Waals surface area contributed by atoms with E-state index in [4.69, 9.17) is 10.5 Å². The van der Waals surface area contributed by atoms with Crippen LogP contribution >= 0.6 is 0 Å². The number of rotatable bonds is 6. The first-order valence-electron chi connectivity index (χ1n) is 6.30. The van der Waals surface area contributed by atoms with Gasteiger partial charge in [0.2, 0.25) is 5.95 Å². The maximum atomic E-state index is 5.93. The summed E-state index contributed by atoms with van der Waals surface area (Å²) in [5.41, 5.74) is 8.68. The number of ether oxygens (including phenoxy) is 1. The molecule has 98 valence electrons. The molecule has 0 bridgehead atoms. The standard InChI is InChI=1S/C13H20N4O/c1-10-6-7-11-12(15-10)17(13(14)16-11)8-4-3-5-9-18-2/h6-7H,3-5,8-9H2,1-2H3,(H2,14,16). The van der Waals surface area contributed by atoms with E-state index in [0.29, 0.717) is 5.95 Å². The third-order valence-electron chi connectivity index (χ3n) is 2.99. The SMILES string of the molecule is COCCCCCn1c(N)nc2ccc(C)nc21. The minimum absolute atomic E-state index is 0.551. The number of aromatic nitrogens is 3. The quantitative estimate of drug-likeness (QED) is 0.795. The number of nitrogens with two attached hydrogens (primary N) is 1. The van der Waals surface area contributed by atoms with Crippen LogP contribution < -0.4 is 5.73 Å². The summed E-state index contributed by atoms with van der Waals surface area (Å²) < 4.78 is 7.03. The van der Waals surface area contributed by atoms with E-state index in [1.807, 2.05) is 23.6 Å². The fraction of sp³-hybridized carbons (Fsp3) is 0.538. The van der Waals surface area contributed by atoms with E-state index in [1.165, 1.54) is 0 Å². The van der Waals surface area contributed by atoms with Crippen LogP contribution in [-0.4, -0.2) is 28.3 Å². The van der Waals surface area contributed by atoms with Crippen LogP contribution in [0.5, 0.6) is 0 Å². The van der Waals surface area contributed by atoms with Gasteiger partial charge in [-0.15, -0.1) is 0 Å². The predicted molar refractivity (Wildman–Crippen MR) is 72.4 cm³/mol. The van der Waals surface area contributed by atoms with Gasteiger partial charge >= 0.3 is 0 Å². The highest BCUT2D eigenvalue weighted by atomic mass is 16.5. The maximum Gasteiger partial charge on any atom is 0.202 e. The Bertz CT molecular complexity index is 521. The zero-order valence-electron chi connectivity index (χ0n) is 11.0. The molecule has 5 heteroatoms. The van der Waals surface area contributed by atoms with Gasteiger partial charge in [-0.1, -0.05) is 0 Å². The summed E-state index contributed by atoms with van der Waals surface area (Å²) in [5.74, 6) is 0.551. The number of unbranched alkanes of at least 4 members (excludes halogenated alkanes) is 2. The molecule has 0 aromatic carbocycles. The third kappa shape index (κ3) is 2.79. The fourth-order valence-electron chi connectivity index (χ4n) is 2.03. The van der Waals surface area contributed by atoms with Crippen molar-refractivity contribution in [1.82, 2.24) is 14.5 Å². The summed E-state index contributed by atoms with van der Waals surface area (Å²) in [4.78, 5) is 8.83. The molecule has 0 saturated carbocycles. The fourth-order valence-corrected chi connectivity index (χ4v) is 2.03. The van der Waals surface area contributed by atoms with Gasteiger partial charge < -0.3 is 10.5 Å². The van der Waals surface area contributed by atoms with Gasteiger partial charge in [0.1, 0.15) is 5.52 Å². The minimum Gasteiger partial charge on any atom is -0.385 e. The van der Waals surface area contributed by atoms with Crippen LogP contribution in [0, 0.1) is 6.92 Å². The van der Waals surface area contributed by atoms with Gasteiger partial charge in [-0.05, 0) is 38.3 Å². The van der Waals surface area contributed by atoms with E-state index in [1.54, 1.807) is 7.11 Å². The van der Waals surface area contributed by atoms with Crippen LogP contribution in [0.3, 0.4) is 0 Å². The van der Waals surface area contributed by atoms with Crippen molar-refractivity contribution in [3.8, 4) is 0 Å². The molecule has 0 aliphatic carbocycles. The van der Waals surface area contributed by atoms with Gasteiger partial charge in [0, 0.05) is 26.0 Å². The third-order valence-corrected chi connectivity index (χ3v) is 2.99. The van der Waals surface area contributed by atoms with E-state index in [-0.39, 0.29) is 0 Å². The molecule has 5 nitrogen and oxygen atoms in total. The normalized spacial score (nSPS) is 11.2. The van der Waals surface area contributed by atoms with E-state index in [0.717, 1.165) is 49.3 Å². The van der Waals surface area contributed by atoms with Crippen molar-refractivity contribution in [1.29, 1.82) is 0 Å². The Hall–Kier alpha value is -1.62. The molecular weight excluding hydrogens is 228 g/mol. The summed E-state index contributed by atoms with van der Waals surface area (Å²) >= 11 is 0. The molecule has 0 amide bonds. The van der Waals surface area contributed by atoms with E-state index in [2.05, 4.69) is 9.97 Å². The minimum atomic E-state index is 0.551. The Morgan fingerprint density at radius 3 is 2.83 bits per heavy atom. The van der Waals surface area contributed by atoms with Crippen LogP contribution in [0.25, 0.3) is 11.2 Å². The van der Waals surface area contributed by atoms with Crippen molar-refractivity contribution in [3.63, 3.8) is 0 Å². The maximum absolute atomic E-state index is 5.93. The number of anilines is 1. The summed E-state index contributed by atoms with van der Waals surface area (Å²) in [6.45, 7) is 3.66. The number of methoxy groups -OCH3 is 1. The van der Waals surface area contributed by atoms with Gasteiger partial charge in [-0.3, -0.25) is 4.57 Å². The second-order valence-corrected chi connectivity index (χ2v) is 4.47. The van der Waals surface area contributed by atoms with Gasteiger partial charge in [0.25, 0.3) is 0 Å². The van der Waals surface area contributed by atoms with Crippen LogP contribution in [0.15, 0.2) is 12.1 Å². The highest BCUT2D eigenvalue weighted by molar-refractivity contribution is 5.74. The Morgan fingerprint density at radius 1 is 1.22 bits per heavy atom. The molecule has 0 unspecified atom stereocenters. The van der Waals surface area contributed by atoms with Gasteiger partial charge in [0.15, 0.2) is 5.65 Å². The highest BCUT2D eigenvalue weighted by Gasteiger charge is 2.08. The molecule has 0 aliphatic rings. The number of hydrogen-bond donors (Lipinski definition) is 1. The lowest BCUT2D eigenvalue weighted by molar-refractivity contribution is 0.191. The van der Waals surface area contributed by atoms with Gasteiger partial charge in [-0.2, -0.15) is 0 Å².